The van der Waals surface area contributed by atoms with Crippen LogP contribution in [0.1, 0.15) is 11.6 Å². The summed E-state index contributed by atoms with van der Waals surface area (Å²) in [6.45, 7) is 0. The Hall–Kier alpha value is -1.62. The zero-order valence-corrected chi connectivity index (χ0v) is 6.57. The Morgan fingerprint density at radius 2 is 2.08 bits per heavy atom. The van der Waals surface area contributed by atoms with Gasteiger partial charge in [0.2, 0.25) is 0 Å². The van der Waals surface area contributed by atoms with Crippen LogP contribution in [-0.4, -0.2) is 16.2 Å². The van der Waals surface area contributed by atoms with E-state index in [4.69, 9.17) is 15.9 Å². The number of aliphatic carboxylic acids is 1. The zero-order chi connectivity index (χ0) is 10.0. The van der Waals surface area contributed by atoms with E-state index in [-0.39, 0.29) is 11.3 Å². The molecule has 1 aromatic rings. The minimum atomic E-state index is -1.32. The number of carboxylic acids is 1. The Labute approximate surface area is 73.4 Å². The summed E-state index contributed by atoms with van der Waals surface area (Å²) in [4.78, 5) is 10.4. The summed E-state index contributed by atoms with van der Waals surface area (Å²) < 4.78 is 12.6. The molecule has 1 atom stereocenters. The smallest absolute Gasteiger partial charge is 0.325 e. The molecule has 0 aliphatic heterocycles. The van der Waals surface area contributed by atoms with Gasteiger partial charge in [-0.05, 0) is 17.7 Å². The van der Waals surface area contributed by atoms with Gasteiger partial charge in [0, 0.05) is 6.07 Å². The Balaban J connectivity index is 3.07. The molecule has 0 fully saturated rings. The molecule has 13 heavy (non-hydrogen) atoms. The normalized spacial score (nSPS) is 12.5. The maximum atomic E-state index is 12.6. The molecule has 0 bridgehead atoms. The number of phenols is 1. The summed E-state index contributed by atoms with van der Waals surface area (Å²) in [5.41, 5.74) is 5.23. The molecule has 70 valence electrons. The maximum absolute atomic E-state index is 12.6. The van der Waals surface area contributed by atoms with E-state index in [1.807, 2.05) is 0 Å². The third-order valence-corrected chi connectivity index (χ3v) is 1.53. The van der Waals surface area contributed by atoms with Crippen molar-refractivity contribution in [2.24, 2.45) is 5.73 Å². The molecule has 0 aliphatic rings. The minimum absolute atomic E-state index is 0.0324. The van der Waals surface area contributed by atoms with Gasteiger partial charge in [-0.1, -0.05) is 0 Å². The van der Waals surface area contributed by atoms with E-state index in [0.29, 0.717) is 0 Å². The summed E-state index contributed by atoms with van der Waals surface area (Å²) in [7, 11) is 0. The SMILES string of the molecule is N[C@H](C(=O)O)c1cc(O)cc(F)c1. The quantitative estimate of drug-likeness (QED) is 0.630. The second-order valence-corrected chi connectivity index (χ2v) is 2.56. The molecule has 0 saturated carbocycles. The number of benzene rings is 1. The highest BCUT2D eigenvalue weighted by Gasteiger charge is 2.15. The average Bonchev–Trinajstić information content (AvgIpc) is 2.01. The lowest BCUT2D eigenvalue weighted by molar-refractivity contribution is -0.138. The largest absolute Gasteiger partial charge is 0.508 e. The van der Waals surface area contributed by atoms with Crippen LogP contribution in [0.5, 0.6) is 5.75 Å². The maximum Gasteiger partial charge on any atom is 0.325 e. The summed E-state index contributed by atoms with van der Waals surface area (Å²) in [6.07, 6.45) is 0. The van der Waals surface area contributed by atoms with Gasteiger partial charge in [0.1, 0.15) is 17.6 Å². The van der Waals surface area contributed by atoms with Gasteiger partial charge in [0.25, 0.3) is 0 Å². The second-order valence-electron chi connectivity index (χ2n) is 2.56. The Bertz CT molecular complexity index is 320. The molecule has 4 nitrogen and oxygen atoms in total. The van der Waals surface area contributed by atoms with Crippen LogP contribution in [0.2, 0.25) is 0 Å². The lowest BCUT2D eigenvalue weighted by Gasteiger charge is -2.06. The third-order valence-electron chi connectivity index (χ3n) is 1.53. The Kier molecular flexibility index (Phi) is 2.48. The predicted molar refractivity (Wildman–Crippen MR) is 42.6 cm³/mol. The van der Waals surface area contributed by atoms with E-state index in [2.05, 4.69) is 0 Å². The molecule has 0 aromatic heterocycles. The van der Waals surface area contributed by atoms with Crippen LogP contribution in [0.25, 0.3) is 0 Å². The number of carbonyl (C=O) groups is 1. The first-order valence-electron chi connectivity index (χ1n) is 3.48. The van der Waals surface area contributed by atoms with E-state index in [1.54, 1.807) is 0 Å². The molecule has 0 amide bonds. The van der Waals surface area contributed by atoms with Gasteiger partial charge < -0.3 is 15.9 Å². The van der Waals surface area contributed by atoms with E-state index < -0.39 is 17.8 Å². The number of nitrogens with two attached hydrogens (primary N) is 1. The Morgan fingerprint density at radius 1 is 1.46 bits per heavy atom. The summed E-state index contributed by atoms with van der Waals surface area (Å²) >= 11 is 0. The molecule has 0 heterocycles. The predicted octanol–water partition coefficient (Wildman–Crippen LogP) is 0.616. The van der Waals surface area contributed by atoms with Crippen LogP contribution in [0.3, 0.4) is 0 Å². The molecule has 5 heteroatoms. The highest BCUT2D eigenvalue weighted by molar-refractivity contribution is 5.75. The van der Waals surface area contributed by atoms with Crippen LogP contribution < -0.4 is 5.73 Å². The van der Waals surface area contributed by atoms with Crippen molar-refractivity contribution in [2.45, 2.75) is 6.04 Å². The third kappa shape index (κ3) is 2.16. The number of rotatable bonds is 2. The lowest BCUT2D eigenvalue weighted by Crippen LogP contribution is -2.20. The lowest BCUT2D eigenvalue weighted by atomic mass is 10.1. The highest BCUT2D eigenvalue weighted by atomic mass is 19.1. The van der Waals surface area contributed by atoms with E-state index in [0.717, 1.165) is 18.2 Å². The van der Waals surface area contributed by atoms with Crippen molar-refractivity contribution < 1.29 is 19.4 Å². The first-order valence-corrected chi connectivity index (χ1v) is 3.48. The van der Waals surface area contributed by atoms with Gasteiger partial charge in [-0.2, -0.15) is 0 Å². The molecule has 0 unspecified atom stereocenters. The zero-order valence-electron chi connectivity index (χ0n) is 6.57. The molecule has 0 aliphatic carbocycles. The fourth-order valence-corrected chi connectivity index (χ4v) is 0.918. The van der Waals surface area contributed by atoms with Crippen molar-refractivity contribution in [3.63, 3.8) is 0 Å². The first-order chi connectivity index (χ1) is 6.00. The fraction of sp³-hybridized carbons (Fsp3) is 0.125. The first kappa shape index (κ1) is 9.47. The van der Waals surface area contributed by atoms with Crippen LogP contribution in [-0.2, 0) is 4.79 Å². The van der Waals surface area contributed by atoms with E-state index in [1.165, 1.54) is 0 Å². The molecule has 0 radical (unpaired) electrons. The molecule has 0 saturated heterocycles. The van der Waals surface area contributed by atoms with Crippen molar-refractivity contribution in [1.29, 1.82) is 0 Å². The van der Waals surface area contributed by atoms with Gasteiger partial charge in [-0.25, -0.2) is 4.39 Å². The molecule has 1 rings (SSSR count). The fourth-order valence-electron chi connectivity index (χ4n) is 0.918. The second kappa shape index (κ2) is 3.40. The van der Waals surface area contributed by atoms with Crippen LogP contribution in [0.4, 0.5) is 4.39 Å². The molecule has 1 aromatic carbocycles. The Morgan fingerprint density at radius 3 is 2.54 bits per heavy atom. The van der Waals surface area contributed by atoms with Gasteiger partial charge >= 0.3 is 5.97 Å². The minimum Gasteiger partial charge on any atom is -0.508 e. The molecule has 0 spiro atoms. The van der Waals surface area contributed by atoms with E-state index >= 15 is 0 Å². The van der Waals surface area contributed by atoms with Crippen molar-refractivity contribution in [1.82, 2.24) is 0 Å². The molecular weight excluding hydrogens is 177 g/mol. The van der Waals surface area contributed by atoms with Crippen molar-refractivity contribution in [3.05, 3.63) is 29.6 Å². The van der Waals surface area contributed by atoms with Gasteiger partial charge in [-0.15, -0.1) is 0 Å². The monoisotopic (exact) mass is 185 g/mol. The summed E-state index contributed by atoms with van der Waals surface area (Å²) in [5.74, 6) is -2.33. The van der Waals surface area contributed by atoms with E-state index in [9.17, 15) is 9.18 Å². The standard InChI is InChI=1S/C8H8FNO3/c9-5-1-4(2-6(11)3-5)7(10)8(12)13/h1-3,7,11H,10H2,(H,12,13)/t7-/m0/s1. The van der Waals surface area contributed by atoms with Crippen LogP contribution in [0, 0.1) is 5.82 Å². The van der Waals surface area contributed by atoms with Crippen molar-refractivity contribution >= 4 is 5.97 Å². The van der Waals surface area contributed by atoms with Gasteiger partial charge in [0.15, 0.2) is 0 Å². The van der Waals surface area contributed by atoms with Crippen molar-refractivity contribution in [2.75, 3.05) is 0 Å². The number of aromatic hydroxyl groups is 1. The van der Waals surface area contributed by atoms with Gasteiger partial charge in [-0.3, -0.25) is 4.79 Å². The van der Waals surface area contributed by atoms with Crippen LogP contribution >= 0.6 is 0 Å². The van der Waals surface area contributed by atoms with Gasteiger partial charge in [0.05, 0.1) is 0 Å². The number of halogens is 1. The average molecular weight is 185 g/mol. The summed E-state index contributed by atoms with van der Waals surface area (Å²) in [6, 6.07) is 1.64. The topological polar surface area (TPSA) is 83.6 Å². The van der Waals surface area contributed by atoms with Crippen LogP contribution in [0.15, 0.2) is 18.2 Å². The molecular formula is C8H8FNO3. The number of hydrogen-bond acceptors (Lipinski definition) is 3. The number of phenolic OH excluding ortho intramolecular Hbond substituents is 1. The summed E-state index contributed by atoms with van der Waals surface area (Å²) in [5, 5.41) is 17.4. The number of hydrogen-bond donors (Lipinski definition) is 3. The highest BCUT2D eigenvalue weighted by Crippen LogP contribution is 2.19. The van der Waals surface area contributed by atoms with Crippen molar-refractivity contribution in [3.8, 4) is 5.75 Å². The number of carboxylic acid groups (broad SMARTS) is 1. The molecule has 4 N–H and O–H groups in total.